The Balaban J connectivity index is 1.80. The molecule has 27 heavy (non-hydrogen) atoms. The first-order chi connectivity index (χ1) is 12.8. The van der Waals surface area contributed by atoms with E-state index in [1.165, 1.54) is 6.20 Å². The lowest BCUT2D eigenvalue weighted by molar-refractivity contribution is -0.107. The van der Waals surface area contributed by atoms with Gasteiger partial charge in [0.2, 0.25) is 0 Å². The number of aromatic amines is 1. The molecule has 1 aromatic carbocycles. The Morgan fingerprint density at radius 2 is 1.96 bits per heavy atom. The minimum Gasteiger partial charge on any atom is -0.384 e. The fourth-order valence-corrected chi connectivity index (χ4v) is 4.90. The zero-order valence-corrected chi connectivity index (χ0v) is 16.4. The first-order valence-corrected chi connectivity index (χ1v) is 9.53. The van der Waals surface area contributed by atoms with Gasteiger partial charge in [0.15, 0.2) is 5.82 Å². The molecular weight excluding hydrogens is 365 g/mol. The number of rotatable bonds is 2. The Morgan fingerprint density at radius 3 is 2.63 bits per heavy atom. The lowest BCUT2D eigenvalue weighted by atomic mass is 9.70. The second-order valence-corrected chi connectivity index (χ2v) is 8.17. The van der Waals surface area contributed by atoms with Crippen LogP contribution in [-0.2, 0) is 5.60 Å². The van der Waals surface area contributed by atoms with Crippen LogP contribution in [0.4, 0.5) is 4.39 Å². The molecule has 2 N–H and O–H groups in total. The summed E-state index contributed by atoms with van der Waals surface area (Å²) in [5, 5.41) is 12.5. The first-order valence-electron chi connectivity index (χ1n) is 9.15. The molecule has 1 saturated heterocycles. The summed E-state index contributed by atoms with van der Waals surface area (Å²) in [6, 6.07) is 7.37. The third kappa shape index (κ3) is 2.85. The predicted octanol–water partition coefficient (Wildman–Crippen LogP) is 4.43. The highest BCUT2D eigenvalue weighted by Gasteiger charge is 2.46. The summed E-state index contributed by atoms with van der Waals surface area (Å²) >= 11 is 6.64. The van der Waals surface area contributed by atoms with Crippen molar-refractivity contribution in [1.82, 2.24) is 14.9 Å². The number of hydrogen-bond donors (Lipinski definition) is 2. The second-order valence-electron chi connectivity index (χ2n) is 7.76. The summed E-state index contributed by atoms with van der Waals surface area (Å²) in [6.07, 6.45) is 2.95. The van der Waals surface area contributed by atoms with E-state index in [-0.39, 0.29) is 17.7 Å². The fraction of sp³-hybridized carbons (Fsp3) is 0.381. The van der Waals surface area contributed by atoms with Gasteiger partial charge in [-0.1, -0.05) is 37.6 Å². The van der Waals surface area contributed by atoms with Crippen LogP contribution in [-0.4, -0.2) is 40.1 Å². The minimum absolute atomic E-state index is 0.0457. The highest BCUT2D eigenvalue weighted by atomic mass is 35.5. The summed E-state index contributed by atoms with van der Waals surface area (Å²) in [6.45, 7) is 5.72. The maximum absolute atomic E-state index is 14.2. The molecule has 1 aliphatic heterocycles. The van der Waals surface area contributed by atoms with Crippen molar-refractivity contribution in [3.63, 3.8) is 0 Å². The van der Waals surface area contributed by atoms with Gasteiger partial charge >= 0.3 is 0 Å². The van der Waals surface area contributed by atoms with Gasteiger partial charge in [0, 0.05) is 47.9 Å². The third-order valence-electron chi connectivity index (χ3n) is 5.91. The van der Waals surface area contributed by atoms with Gasteiger partial charge in [-0.05, 0) is 30.3 Å². The van der Waals surface area contributed by atoms with Crippen LogP contribution in [0.15, 0.2) is 36.7 Å². The van der Waals surface area contributed by atoms with Crippen LogP contribution in [0, 0.1) is 17.7 Å². The molecule has 142 valence electrons. The van der Waals surface area contributed by atoms with Gasteiger partial charge in [-0.25, -0.2) is 9.37 Å². The average Bonchev–Trinajstić information content (AvgIpc) is 3.01. The first kappa shape index (κ1) is 18.4. The van der Waals surface area contributed by atoms with Gasteiger partial charge in [-0.3, -0.25) is 0 Å². The molecule has 0 bridgehead atoms. The quantitative estimate of drug-likeness (QED) is 0.684. The second kappa shape index (κ2) is 6.59. The average molecular weight is 388 g/mol. The van der Waals surface area contributed by atoms with E-state index < -0.39 is 5.60 Å². The van der Waals surface area contributed by atoms with Crippen molar-refractivity contribution < 1.29 is 9.50 Å². The fourth-order valence-electron chi connectivity index (χ4n) is 4.57. The number of H-pyrrole nitrogens is 1. The molecule has 1 fully saturated rings. The van der Waals surface area contributed by atoms with E-state index in [0.29, 0.717) is 16.1 Å². The Labute approximate surface area is 163 Å². The lowest BCUT2D eigenvalue weighted by Crippen LogP contribution is -2.53. The molecule has 4 nitrogen and oxygen atoms in total. The molecule has 1 aliphatic rings. The van der Waals surface area contributed by atoms with Gasteiger partial charge in [-0.2, -0.15) is 0 Å². The number of piperidine rings is 1. The standard InChI is InChI=1S/C21H23ClFN3O/c1-12-10-26(3)11-13(2)21(12,27)16-5-4-14(8-17(16)22)15-6-7-24-20-19(15)18(23)9-25-20/h4-9,12-13,27H,10-11H2,1-3H3,(H,24,25)/t12-,13+,21-. The Bertz CT molecular complexity index is 990. The van der Waals surface area contributed by atoms with Gasteiger partial charge in [-0.15, -0.1) is 0 Å². The van der Waals surface area contributed by atoms with E-state index in [9.17, 15) is 9.50 Å². The Kier molecular flexibility index (Phi) is 4.49. The van der Waals surface area contributed by atoms with Crippen LogP contribution in [0.3, 0.4) is 0 Å². The van der Waals surface area contributed by atoms with E-state index in [1.807, 2.05) is 18.2 Å². The molecule has 0 saturated carbocycles. The maximum atomic E-state index is 14.2. The summed E-state index contributed by atoms with van der Waals surface area (Å²) in [7, 11) is 2.07. The molecule has 0 unspecified atom stereocenters. The normalized spacial score (nSPS) is 26.6. The number of likely N-dealkylation sites (tertiary alicyclic amines) is 1. The van der Waals surface area contributed by atoms with Gasteiger partial charge in [0.1, 0.15) is 5.65 Å². The van der Waals surface area contributed by atoms with Crippen molar-refractivity contribution in [2.24, 2.45) is 11.8 Å². The van der Waals surface area contributed by atoms with Crippen molar-refractivity contribution in [3.8, 4) is 11.1 Å². The molecule has 0 aliphatic carbocycles. The minimum atomic E-state index is -0.991. The lowest BCUT2D eigenvalue weighted by Gasteiger charge is -2.47. The number of pyridine rings is 1. The van der Waals surface area contributed by atoms with E-state index in [4.69, 9.17) is 11.6 Å². The molecule has 0 amide bonds. The predicted molar refractivity (Wildman–Crippen MR) is 106 cm³/mol. The molecule has 6 heteroatoms. The largest absolute Gasteiger partial charge is 0.384 e. The zero-order valence-electron chi connectivity index (χ0n) is 15.6. The van der Waals surface area contributed by atoms with Gasteiger partial charge < -0.3 is 15.0 Å². The van der Waals surface area contributed by atoms with Crippen LogP contribution in [0.2, 0.25) is 5.02 Å². The van der Waals surface area contributed by atoms with Crippen LogP contribution in [0.1, 0.15) is 19.4 Å². The van der Waals surface area contributed by atoms with Crippen molar-refractivity contribution in [3.05, 3.63) is 53.1 Å². The summed E-state index contributed by atoms with van der Waals surface area (Å²) in [5.74, 6) is -0.252. The SMILES string of the molecule is C[C@@H]1CN(C)C[C@H](C)[C@@]1(O)c1ccc(-c2ccnc3[nH]cc(F)c23)cc1Cl. The number of nitrogens with one attached hydrogen (secondary N) is 1. The molecule has 0 spiro atoms. The molecular formula is C21H23ClFN3O. The zero-order chi connectivity index (χ0) is 19.3. The molecule has 3 heterocycles. The summed E-state index contributed by atoms with van der Waals surface area (Å²) in [5.41, 5.74) is 1.77. The van der Waals surface area contributed by atoms with Crippen molar-refractivity contribution >= 4 is 22.6 Å². The van der Waals surface area contributed by atoms with Crippen LogP contribution < -0.4 is 0 Å². The molecule has 4 rings (SSSR count). The van der Waals surface area contributed by atoms with E-state index in [0.717, 1.165) is 29.8 Å². The Hall–Kier alpha value is -1.95. The highest BCUT2D eigenvalue weighted by molar-refractivity contribution is 6.31. The molecule has 0 radical (unpaired) electrons. The topological polar surface area (TPSA) is 52.1 Å². The number of aliphatic hydroxyl groups is 1. The van der Waals surface area contributed by atoms with E-state index in [2.05, 4.69) is 35.8 Å². The highest BCUT2D eigenvalue weighted by Crippen LogP contribution is 2.44. The van der Waals surface area contributed by atoms with Crippen molar-refractivity contribution in [2.75, 3.05) is 20.1 Å². The van der Waals surface area contributed by atoms with E-state index >= 15 is 0 Å². The van der Waals surface area contributed by atoms with Gasteiger partial charge in [0.05, 0.1) is 11.0 Å². The monoisotopic (exact) mass is 387 g/mol. The van der Waals surface area contributed by atoms with Crippen LogP contribution in [0.25, 0.3) is 22.2 Å². The number of benzene rings is 1. The number of fused-ring (bicyclic) bond motifs is 1. The van der Waals surface area contributed by atoms with Gasteiger partial charge in [0.25, 0.3) is 0 Å². The molecule has 2 aromatic heterocycles. The van der Waals surface area contributed by atoms with Crippen molar-refractivity contribution in [1.29, 1.82) is 0 Å². The molecule has 3 aromatic rings. The van der Waals surface area contributed by atoms with E-state index in [1.54, 1.807) is 12.3 Å². The number of hydrogen-bond acceptors (Lipinski definition) is 3. The molecule has 3 atom stereocenters. The number of aromatic nitrogens is 2. The number of halogens is 2. The summed E-state index contributed by atoms with van der Waals surface area (Å²) < 4.78 is 14.2. The Morgan fingerprint density at radius 1 is 1.26 bits per heavy atom. The summed E-state index contributed by atoms with van der Waals surface area (Å²) in [4.78, 5) is 9.23. The van der Waals surface area contributed by atoms with Crippen LogP contribution in [0.5, 0.6) is 0 Å². The van der Waals surface area contributed by atoms with Crippen LogP contribution >= 0.6 is 11.6 Å². The third-order valence-corrected chi connectivity index (χ3v) is 6.22. The smallest absolute Gasteiger partial charge is 0.150 e. The maximum Gasteiger partial charge on any atom is 0.150 e. The van der Waals surface area contributed by atoms with Crippen molar-refractivity contribution in [2.45, 2.75) is 19.4 Å². The number of nitrogens with zero attached hydrogens (tertiary/aromatic N) is 2.